The highest BCUT2D eigenvalue weighted by molar-refractivity contribution is 5.82. The highest BCUT2D eigenvalue weighted by Gasteiger charge is 1.96. The van der Waals surface area contributed by atoms with Crippen LogP contribution < -0.4 is 5.11 Å². The lowest BCUT2D eigenvalue weighted by molar-refractivity contribution is -0.301. The van der Waals surface area contributed by atoms with Crippen LogP contribution in [0.15, 0.2) is 24.0 Å². The third-order valence-electron chi connectivity index (χ3n) is 4.22. The van der Waals surface area contributed by atoms with Crippen LogP contribution in [0, 0.1) is 0 Å². The summed E-state index contributed by atoms with van der Waals surface area (Å²) in [4.78, 5) is 11.1. The molecule has 25 heavy (non-hydrogen) atoms. The molecule has 0 N–H and O–H groups in total. The molecule has 0 fully saturated rings. The van der Waals surface area contributed by atoms with Crippen molar-refractivity contribution in [1.82, 2.24) is 0 Å². The van der Waals surface area contributed by atoms with Gasteiger partial charge >= 0.3 is 5.97 Å². The van der Waals surface area contributed by atoms with Gasteiger partial charge in [-0.2, -0.15) is 0 Å². The summed E-state index contributed by atoms with van der Waals surface area (Å²) in [5.74, 6) is -0.772. The van der Waals surface area contributed by atoms with Crippen molar-refractivity contribution in [3.8, 4) is 0 Å². The van der Waals surface area contributed by atoms with Gasteiger partial charge < -0.3 is 9.84 Å². The minimum atomic E-state index is -0.514. The predicted molar refractivity (Wildman–Crippen MR) is 104 cm³/mol. The summed E-state index contributed by atoms with van der Waals surface area (Å²) < 4.78 is 4.95. The van der Waals surface area contributed by atoms with Crippen LogP contribution in [-0.4, -0.2) is 12.6 Å². The maximum atomic E-state index is 11.1. The van der Waals surface area contributed by atoms with E-state index in [-0.39, 0.29) is 5.76 Å². The molecular weight excluding hydrogens is 312 g/mol. The second-order valence-electron chi connectivity index (χ2n) is 6.86. The van der Waals surface area contributed by atoms with E-state index in [0.717, 1.165) is 18.9 Å². The average Bonchev–Trinajstić information content (AvgIpc) is 2.57. The van der Waals surface area contributed by atoms with E-state index in [1.807, 2.05) is 0 Å². The van der Waals surface area contributed by atoms with Crippen LogP contribution in [0.25, 0.3) is 0 Å². The molecule has 146 valence electrons. The summed E-state index contributed by atoms with van der Waals surface area (Å²) in [5.41, 5.74) is 0. The van der Waals surface area contributed by atoms with Crippen molar-refractivity contribution in [1.29, 1.82) is 0 Å². The molecule has 0 aliphatic heterocycles. The first-order chi connectivity index (χ1) is 12.2. The normalized spacial score (nSPS) is 12.0. The van der Waals surface area contributed by atoms with Crippen LogP contribution in [0.2, 0.25) is 0 Å². The van der Waals surface area contributed by atoms with Crippen LogP contribution >= 0.6 is 0 Å². The van der Waals surface area contributed by atoms with Crippen molar-refractivity contribution in [2.24, 2.45) is 0 Å². The Morgan fingerprint density at radius 3 is 1.80 bits per heavy atom. The molecule has 0 atom stereocenters. The van der Waals surface area contributed by atoms with Crippen molar-refractivity contribution in [3.63, 3.8) is 0 Å². The smallest absolute Gasteiger partial charge is 0.329 e. The Balaban J connectivity index is 3.19. The van der Waals surface area contributed by atoms with Crippen molar-refractivity contribution in [2.75, 3.05) is 6.61 Å². The molecule has 0 aromatic heterocycles. The first-order valence-electron chi connectivity index (χ1n) is 10.3. The topological polar surface area (TPSA) is 49.4 Å². The van der Waals surface area contributed by atoms with Crippen LogP contribution in [-0.2, 0) is 9.53 Å². The van der Waals surface area contributed by atoms with Crippen molar-refractivity contribution < 1.29 is 14.6 Å². The minimum Gasteiger partial charge on any atom is -0.875 e. The van der Waals surface area contributed by atoms with E-state index in [9.17, 15) is 9.90 Å². The molecule has 3 nitrogen and oxygen atoms in total. The number of hydrogen-bond donors (Lipinski definition) is 0. The molecule has 0 unspecified atom stereocenters. The molecule has 0 aliphatic rings. The molecule has 0 saturated carbocycles. The van der Waals surface area contributed by atoms with E-state index < -0.39 is 5.97 Å². The van der Waals surface area contributed by atoms with E-state index in [1.165, 1.54) is 84.0 Å². The van der Waals surface area contributed by atoms with Crippen LogP contribution in [0.4, 0.5) is 0 Å². The fourth-order valence-corrected chi connectivity index (χ4v) is 2.73. The molecule has 0 aliphatic carbocycles. The van der Waals surface area contributed by atoms with E-state index in [4.69, 9.17) is 4.74 Å². The molecule has 0 saturated heterocycles. The van der Waals surface area contributed by atoms with Crippen molar-refractivity contribution in [3.05, 3.63) is 24.0 Å². The molecule has 0 spiro atoms. The zero-order valence-corrected chi connectivity index (χ0v) is 16.6. The second-order valence-corrected chi connectivity index (χ2v) is 6.86. The van der Waals surface area contributed by atoms with Crippen molar-refractivity contribution >= 4 is 5.97 Å². The van der Waals surface area contributed by atoms with E-state index in [0.29, 0.717) is 6.61 Å². The number of hydrogen-bond acceptors (Lipinski definition) is 3. The number of unbranched alkanes of at least 4 members (excludes halogenated alkanes) is 12. The molecule has 0 rings (SSSR count). The SMILES string of the molecule is CCCCCCCC/C=C/CCCCCCCCOC(=O)/C=C(/C)[O-]. The molecule has 0 aromatic rings. The molecular formula is C22H39O3-. The number of esters is 1. The van der Waals surface area contributed by atoms with Gasteiger partial charge in [0.2, 0.25) is 0 Å². The lowest BCUT2D eigenvalue weighted by atomic mass is 10.1. The van der Waals surface area contributed by atoms with Gasteiger partial charge in [0.15, 0.2) is 0 Å². The van der Waals surface area contributed by atoms with E-state index in [1.54, 1.807) is 0 Å². The fraction of sp³-hybridized carbons (Fsp3) is 0.773. The summed E-state index contributed by atoms with van der Waals surface area (Å²) in [6.07, 6.45) is 23.3. The maximum absolute atomic E-state index is 11.1. The number of carbonyl (C=O) groups excluding carboxylic acids is 1. The lowest BCUT2D eigenvalue weighted by Crippen LogP contribution is -2.07. The number of ether oxygens (including phenoxy) is 1. The standard InChI is InChI=1S/C22H40O3/c1-3-4-5-6-7-8-9-10-11-12-13-14-15-16-17-18-19-25-22(24)20-21(2)23/h10-11,20,23H,3-9,12-19H2,1-2H3/p-1/b11-10+,21-20-. The van der Waals surface area contributed by atoms with Gasteiger partial charge in [-0.1, -0.05) is 83.8 Å². The Hall–Kier alpha value is -1.25. The molecule has 3 heteroatoms. The van der Waals surface area contributed by atoms with Gasteiger partial charge in [-0.15, -0.1) is 5.76 Å². The highest BCUT2D eigenvalue weighted by atomic mass is 16.5. The average molecular weight is 352 g/mol. The Morgan fingerprint density at radius 1 is 0.800 bits per heavy atom. The predicted octanol–water partition coefficient (Wildman–Crippen LogP) is 5.83. The van der Waals surface area contributed by atoms with Crippen molar-refractivity contribution in [2.45, 2.75) is 104 Å². The Kier molecular flexibility index (Phi) is 18.1. The summed E-state index contributed by atoms with van der Waals surface area (Å²) in [7, 11) is 0. The highest BCUT2D eigenvalue weighted by Crippen LogP contribution is 2.10. The molecule has 0 amide bonds. The van der Waals surface area contributed by atoms with Crippen LogP contribution in [0.1, 0.15) is 104 Å². The van der Waals surface area contributed by atoms with Gasteiger partial charge in [-0.05, 0) is 32.1 Å². The summed E-state index contributed by atoms with van der Waals surface area (Å²) in [6.45, 7) is 4.03. The third-order valence-corrected chi connectivity index (χ3v) is 4.22. The maximum Gasteiger partial charge on any atom is 0.329 e. The van der Waals surface area contributed by atoms with Crippen LogP contribution in [0.5, 0.6) is 0 Å². The zero-order valence-electron chi connectivity index (χ0n) is 16.6. The first-order valence-corrected chi connectivity index (χ1v) is 10.3. The number of carbonyl (C=O) groups is 1. The second kappa shape index (κ2) is 19.1. The van der Waals surface area contributed by atoms with Gasteiger partial charge in [0.1, 0.15) is 0 Å². The van der Waals surface area contributed by atoms with E-state index in [2.05, 4.69) is 19.1 Å². The summed E-state index contributed by atoms with van der Waals surface area (Å²) in [6, 6.07) is 0. The summed E-state index contributed by atoms with van der Waals surface area (Å²) >= 11 is 0. The van der Waals surface area contributed by atoms with Gasteiger partial charge in [0.05, 0.1) is 6.61 Å². The molecule has 0 heterocycles. The fourth-order valence-electron chi connectivity index (χ4n) is 2.73. The number of allylic oxidation sites excluding steroid dienone is 3. The Labute approximate surface area is 155 Å². The molecule has 0 bridgehead atoms. The van der Waals surface area contributed by atoms with Crippen LogP contribution in [0.3, 0.4) is 0 Å². The Morgan fingerprint density at radius 2 is 1.28 bits per heavy atom. The lowest BCUT2D eigenvalue weighted by Gasteiger charge is -2.05. The zero-order chi connectivity index (χ0) is 18.6. The van der Waals surface area contributed by atoms with Gasteiger partial charge in [0, 0.05) is 6.08 Å². The van der Waals surface area contributed by atoms with Gasteiger partial charge in [-0.25, -0.2) is 4.79 Å². The quantitative estimate of drug-likeness (QED) is 0.109. The first kappa shape index (κ1) is 23.8. The molecule has 0 radical (unpaired) electrons. The monoisotopic (exact) mass is 351 g/mol. The largest absolute Gasteiger partial charge is 0.875 e. The van der Waals surface area contributed by atoms with Gasteiger partial charge in [-0.3, -0.25) is 0 Å². The number of rotatable bonds is 17. The van der Waals surface area contributed by atoms with Gasteiger partial charge in [0.25, 0.3) is 0 Å². The third kappa shape index (κ3) is 20.7. The minimum absolute atomic E-state index is 0.258. The summed E-state index contributed by atoms with van der Waals surface area (Å²) in [5, 5.41) is 10.7. The Bertz CT molecular complexity index is 354. The van der Waals surface area contributed by atoms with E-state index >= 15 is 0 Å². The molecule has 0 aromatic carbocycles.